The van der Waals surface area contributed by atoms with Crippen molar-refractivity contribution in [2.75, 3.05) is 6.54 Å². The number of aryl methyl sites for hydroxylation is 3. The maximum absolute atomic E-state index is 12.1. The Morgan fingerprint density at radius 3 is 2.79 bits per heavy atom. The number of rotatable bonds is 6. The molecule has 0 fully saturated rings. The first-order valence-electron chi connectivity index (χ1n) is 7.87. The van der Waals surface area contributed by atoms with Crippen LogP contribution >= 0.6 is 0 Å². The molecule has 7 heteroatoms. The van der Waals surface area contributed by atoms with Crippen molar-refractivity contribution in [3.05, 3.63) is 60.1 Å². The molecule has 0 radical (unpaired) electrons. The summed E-state index contributed by atoms with van der Waals surface area (Å²) in [4.78, 5) is 20.4. The van der Waals surface area contributed by atoms with Crippen molar-refractivity contribution < 1.29 is 4.79 Å². The highest BCUT2D eigenvalue weighted by Crippen LogP contribution is 2.06. The van der Waals surface area contributed by atoms with Crippen molar-refractivity contribution in [1.82, 2.24) is 29.6 Å². The van der Waals surface area contributed by atoms with Crippen molar-refractivity contribution >= 4 is 5.91 Å². The highest BCUT2D eigenvalue weighted by atomic mass is 16.1. The van der Waals surface area contributed by atoms with Gasteiger partial charge < -0.3 is 5.32 Å². The zero-order valence-corrected chi connectivity index (χ0v) is 13.8. The van der Waals surface area contributed by atoms with E-state index in [9.17, 15) is 4.79 Å². The molecule has 0 saturated heterocycles. The number of nitrogens with one attached hydrogen (secondary N) is 1. The average molecular weight is 324 g/mol. The van der Waals surface area contributed by atoms with E-state index < -0.39 is 0 Å². The summed E-state index contributed by atoms with van der Waals surface area (Å²) in [5.74, 6) is 0.613. The number of nitrogens with zero attached hydrogens (tertiary/aromatic N) is 5. The van der Waals surface area contributed by atoms with E-state index in [-0.39, 0.29) is 5.91 Å². The SMILES string of the molecule is Cc1cc(C)n(CCCNC(=O)c2ccc(-n3ccnc3)nc2)n1. The van der Waals surface area contributed by atoms with Gasteiger partial charge in [0.15, 0.2) is 0 Å². The fourth-order valence-electron chi connectivity index (χ4n) is 2.50. The van der Waals surface area contributed by atoms with Gasteiger partial charge in [-0.1, -0.05) is 0 Å². The molecule has 0 aliphatic carbocycles. The van der Waals surface area contributed by atoms with Crippen LogP contribution in [0.5, 0.6) is 0 Å². The summed E-state index contributed by atoms with van der Waals surface area (Å²) in [6.07, 6.45) is 7.56. The second kappa shape index (κ2) is 7.08. The molecular weight excluding hydrogens is 304 g/mol. The number of hydrogen-bond donors (Lipinski definition) is 1. The minimum absolute atomic E-state index is 0.118. The van der Waals surface area contributed by atoms with Gasteiger partial charge in [-0.05, 0) is 38.5 Å². The first-order valence-corrected chi connectivity index (χ1v) is 7.87. The summed E-state index contributed by atoms with van der Waals surface area (Å²) >= 11 is 0. The van der Waals surface area contributed by atoms with E-state index in [0.29, 0.717) is 12.1 Å². The van der Waals surface area contributed by atoms with Crippen LogP contribution in [-0.4, -0.2) is 36.8 Å². The van der Waals surface area contributed by atoms with Gasteiger partial charge in [0.1, 0.15) is 12.1 Å². The van der Waals surface area contributed by atoms with Crippen molar-refractivity contribution in [2.24, 2.45) is 0 Å². The molecule has 3 rings (SSSR count). The lowest BCUT2D eigenvalue weighted by Crippen LogP contribution is -2.25. The number of aromatic nitrogens is 5. The molecule has 0 aliphatic rings. The maximum atomic E-state index is 12.1. The van der Waals surface area contributed by atoms with Crippen LogP contribution in [0.15, 0.2) is 43.1 Å². The summed E-state index contributed by atoms with van der Waals surface area (Å²) in [6.45, 7) is 5.40. The van der Waals surface area contributed by atoms with Gasteiger partial charge in [-0.15, -0.1) is 0 Å². The molecule has 3 heterocycles. The second-order valence-electron chi connectivity index (χ2n) is 5.63. The van der Waals surface area contributed by atoms with E-state index in [1.807, 2.05) is 24.6 Å². The van der Waals surface area contributed by atoms with Crippen LogP contribution in [0.2, 0.25) is 0 Å². The van der Waals surface area contributed by atoms with Crippen molar-refractivity contribution in [1.29, 1.82) is 0 Å². The van der Waals surface area contributed by atoms with E-state index in [4.69, 9.17) is 0 Å². The Hall–Kier alpha value is -2.96. The number of hydrogen-bond acceptors (Lipinski definition) is 4. The van der Waals surface area contributed by atoms with Crippen LogP contribution in [0, 0.1) is 13.8 Å². The Bertz CT molecular complexity index is 804. The Kier molecular flexibility index (Phi) is 4.69. The van der Waals surface area contributed by atoms with E-state index >= 15 is 0 Å². The summed E-state index contributed by atoms with van der Waals surface area (Å²) < 4.78 is 3.75. The molecule has 1 amide bonds. The standard InChI is InChI=1S/C17H20N6O/c1-13-10-14(2)23(21-13)8-3-6-19-17(24)15-4-5-16(20-11-15)22-9-7-18-12-22/h4-5,7,9-12H,3,6,8H2,1-2H3,(H,19,24). The van der Waals surface area contributed by atoms with Gasteiger partial charge in [0, 0.05) is 37.4 Å². The number of pyridine rings is 1. The molecule has 0 aromatic carbocycles. The number of carbonyl (C=O) groups excluding carboxylic acids is 1. The number of carbonyl (C=O) groups is 1. The van der Waals surface area contributed by atoms with Gasteiger partial charge in [-0.2, -0.15) is 5.10 Å². The highest BCUT2D eigenvalue weighted by molar-refractivity contribution is 5.93. The molecule has 0 atom stereocenters. The summed E-state index contributed by atoms with van der Waals surface area (Å²) in [5.41, 5.74) is 2.70. The third-order valence-electron chi connectivity index (χ3n) is 3.71. The summed E-state index contributed by atoms with van der Waals surface area (Å²) in [5, 5.41) is 7.32. The van der Waals surface area contributed by atoms with Crippen LogP contribution in [0.3, 0.4) is 0 Å². The van der Waals surface area contributed by atoms with Crippen LogP contribution in [0.1, 0.15) is 28.2 Å². The third kappa shape index (κ3) is 3.68. The molecule has 3 aromatic heterocycles. The molecule has 24 heavy (non-hydrogen) atoms. The van der Waals surface area contributed by atoms with Gasteiger partial charge in [0.2, 0.25) is 0 Å². The first kappa shape index (κ1) is 15.9. The van der Waals surface area contributed by atoms with Gasteiger partial charge in [-0.3, -0.25) is 14.0 Å². The molecule has 124 valence electrons. The van der Waals surface area contributed by atoms with Gasteiger partial charge >= 0.3 is 0 Å². The maximum Gasteiger partial charge on any atom is 0.252 e. The molecule has 0 unspecified atom stereocenters. The zero-order chi connectivity index (χ0) is 16.9. The molecule has 0 aliphatic heterocycles. The Labute approximate surface area is 140 Å². The van der Waals surface area contributed by atoms with Crippen LogP contribution in [-0.2, 0) is 6.54 Å². The minimum Gasteiger partial charge on any atom is -0.352 e. The Morgan fingerprint density at radius 1 is 1.29 bits per heavy atom. The second-order valence-corrected chi connectivity index (χ2v) is 5.63. The molecule has 0 bridgehead atoms. The molecule has 1 N–H and O–H groups in total. The fraction of sp³-hybridized carbons (Fsp3) is 0.294. The normalized spacial score (nSPS) is 10.8. The molecule has 0 spiro atoms. The predicted octanol–water partition coefficient (Wildman–Crippen LogP) is 1.90. The van der Waals surface area contributed by atoms with Gasteiger partial charge in [0.05, 0.1) is 11.3 Å². The molecule has 7 nitrogen and oxygen atoms in total. The highest BCUT2D eigenvalue weighted by Gasteiger charge is 2.07. The Balaban J connectivity index is 1.49. The summed E-state index contributed by atoms with van der Waals surface area (Å²) in [7, 11) is 0. The first-order chi connectivity index (χ1) is 11.6. The largest absolute Gasteiger partial charge is 0.352 e. The van der Waals surface area contributed by atoms with E-state index in [0.717, 1.165) is 30.2 Å². The van der Waals surface area contributed by atoms with Crippen molar-refractivity contribution in [2.45, 2.75) is 26.8 Å². The average Bonchev–Trinajstić information content (AvgIpc) is 3.21. The van der Waals surface area contributed by atoms with Crippen LogP contribution < -0.4 is 5.32 Å². The van der Waals surface area contributed by atoms with E-state index in [2.05, 4.69) is 20.4 Å². The number of amides is 1. The topological polar surface area (TPSA) is 77.6 Å². The smallest absolute Gasteiger partial charge is 0.252 e. The fourth-order valence-corrected chi connectivity index (χ4v) is 2.50. The summed E-state index contributed by atoms with van der Waals surface area (Å²) in [6, 6.07) is 5.61. The zero-order valence-electron chi connectivity index (χ0n) is 13.8. The number of imidazole rings is 1. The lowest BCUT2D eigenvalue weighted by atomic mass is 10.2. The minimum atomic E-state index is -0.118. The lowest BCUT2D eigenvalue weighted by molar-refractivity contribution is 0.0952. The predicted molar refractivity (Wildman–Crippen MR) is 90.0 cm³/mol. The van der Waals surface area contributed by atoms with Crippen LogP contribution in [0.4, 0.5) is 0 Å². The van der Waals surface area contributed by atoms with Crippen LogP contribution in [0.25, 0.3) is 5.82 Å². The molecular formula is C17H20N6O. The third-order valence-corrected chi connectivity index (χ3v) is 3.71. The Morgan fingerprint density at radius 2 is 2.17 bits per heavy atom. The van der Waals surface area contributed by atoms with E-state index in [1.54, 1.807) is 41.6 Å². The quantitative estimate of drug-likeness (QED) is 0.703. The lowest BCUT2D eigenvalue weighted by Gasteiger charge is -2.07. The van der Waals surface area contributed by atoms with Gasteiger partial charge in [0.25, 0.3) is 5.91 Å². The van der Waals surface area contributed by atoms with Gasteiger partial charge in [-0.25, -0.2) is 9.97 Å². The molecule has 3 aromatic rings. The molecule has 0 saturated carbocycles. The van der Waals surface area contributed by atoms with Crippen molar-refractivity contribution in [3.8, 4) is 5.82 Å². The van der Waals surface area contributed by atoms with Crippen molar-refractivity contribution in [3.63, 3.8) is 0 Å². The van der Waals surface area contributed by atoms with E-state index in [1.165, 1.54) is 0 Å². The monoisotopic (exact) mass is 324 g/mol.